The molecule has 1 aromatic heterocycles. The van der Waals surface area contributed by atoms with Crippen LogP contribution in [-0.4, -0.2) is 20.5 Å². The highest BCUT2D eigenvalue weighted by Crippen LogP contribution is 2.17. The van der Waals surface area contributed by atoms with Crippen LogP contribution in [0.4, 0.5) is 4.39 Å². The summed E-state index contributed by atoms with van der Waals surface area (Å²) in [4.78, 5) is 0. The van der Waals surface area contributed by atoms with E-state index in [2.05, 4.69) is 15.4 Å². The first-order valence-corrected chi connectivity index (χ1v) is 4.54. The van der Waals surface area contributed by atoms with Gasteiger partial charge >= 0.3 is 0 Å². The Morgan fingerprint density at radius 2 is 2.20 bits per heavy atom. The summed E-state index contributed by atoms with van der Waals surface area (Å²) >= 11 is 0. The van der Waals surface area contributed by atoms with Gasteiger partial charge in [0.2, 0.25) is 0 Å². The van der Waals surface area contributed by atoms with Crippen LogP contribution < -0.4 is 0 Å². The van der Waals surface area contributed by atoms with Gasteiger partial charge in [0.25, 0.3) is 0 Å². The van der Waals surface area contributed by atoms with Crippen LogP contribution in [0.3, 0.4) is 0 Å². The Morgan fingerprint density at radius 1 is 1.40 bits per heavy atom. The molecule has 5 heteroatoms. The van der Waals surface area contributed by atoms with E-state index in [4.69, 9.17) is 0 Å². The maximum Gasteiger partial charge on any atom is 0.126 e. The fourth-order valence-electron chi connectivity index (χ4n) is 1.35. The number of rotatable bonds is 3. The quantitative estimate of drug-likeness (QED) is 0.795. The van der Waals surface area contributed by atoms with Crippen LogP contribution in [0.2, 0.25) is 0 Å². The largest absolute Gasteiger partial charge is 0.386 e. The SMILES string of the molecule is OC(Cc1ccccc1F)c1cn[nH]n1. The Bertz CT molecular complexity index is 430. The molecule has 1 unspecified atom stereocenters. The predicted octanol–water partition coefficient (Wildman–Crippen LogP) is 1.22. The lowest BCUT2D eigenvalue weighted by atomic mass is 10.1. The summed E-state index contributed by atoms with van der Waals surface area (Å²) in [5.74, 6) is -0.319. The first kappa shape index (κ1) is 9.79. The van der Waals surface area contributed by atoms with E-state index in [1.165, 1.54) is 12.3 Å². The van der Waals surface area contributed by atoms with Crippen molar-refractivity contribution in [3.05, 3.63) is 47.5 Å². The molecule has 0 amide bonds. The Balaban J connectivity index is 2.13. The second-order valence-corrected chi connectivity index (χ2v) is 3.21. The minimum absolute atomic E-state index is 0.194. The molecular formula is C10H10FN3O. The summed E-state index contributed by atoms with van der Waals surface area (Å²) in [6, 6.07) is 6.35. The van der Waals surface area contributed by atoms with Gasteiger partial charge in [-0.1, -0.05) is 18.2 Å². The van der Waals surface area contributed by atoms with Gasteiger partial charge in [0.1, 0.15) is 17.6 Å². The highest BCUT2D eigenvalue weighted by atomic mass is 19.1. The second-order valence-electron chi connectivity index (χ2n) is 3.21. The number of hydrogen-bond donors (Lipinski definition) is 2. The molecule has 0 fully saturated rings. The van der Waals surface area contributed by atoms with Crippen LogP contribution in [0.25, 0.3) is 0 Å². The van der Waals surface area contributed by atoms with Crippen molar-refractivity contribution in [1.82, 2.24) is 15.4 Å². The number of aromatic nitrogens is 3. The topological polar surface area (TPSA) is 61.8 Å². The molecule has 0 aliphatic carbocycles. The van der Waals surface area contributed by atoms with E-state index in [0.29, 0.717) is 11.3 Å². The maximum absolute atomic E-state index is 13.2. The van der Waals surface area contributed by atoms with Crippen molar-refractivity contribution in [1.29, 1.82) is 0 Å². The number of benzene rings is 1. The lowest BCUT2D eigenvalue weighted by Gasteiger charge is -2.07. The Morgan fingerprint density at radius 3 is 2.87 bits per heavy atom. The van der Waals surface area contributed by atoms with Crippen LogP contribution >= 0.6 is 0 Å². The Labute approximate surface area is 85.8 Å². The summed E-state index contributed by atoms with van der Waals surface area (Å²) in [6.07, 6.45) is 0.783. The molecular weight excluding hydrogens is 197 g/mol. The monoisotopic (exact) mass is 207 g/mol. The molecule has 78 valence electrons. The number of H-pyrrole nitrogens is 1. The van der Waals surface area contributed by atoms with Gasteiger partial charge in [0, 0.05) is 6.42 Å². The van der Waals surface area contributed by atoms with E-state index in [9.17, 15) is 9.50 Å². The molecule has 4 nitrogen and oxygen atoms in total. The number of hydrogen-bond acceptors (Lipinski definition) is 3. The van der Waals surface area contributed by atoms with Crippen molar-refractivity contribution >= 4 is 0 Å². The molecule has 2 N–H and O–H groups in total. The molecule has 1 heterocycles. The van der Waals surface area contributed by atoms with Gasteiger partial charge in [-0.2, -0.15) is 15.4 Å². The van der Waals surface area contributed by atoms with Gasteiger partial charge in [0.15, 0.2) is 0 Å². The van der Waals surface area contributed by atoms with Crippen molar-refractivity contribution in [3.8, 4) is 0 Å². The van der Waals surface area contributed by atoms with E-state index in [1.807, 2.05) is 0 Å². The molecule has 2 rings (SSSR count). The van der Waals surface area contributed by atoms with Crippen LogP contribution in [0, 0.1) is 5.82 Å². The van der Waals surface area contributed by atoms with Crippen molar-refractivity contribution in [2.45, 2.75) is 12.5 Å². The number of nitrogens with zero attached hydrogens (tertiary/aromatic N) is 2. The van der Waals surface area contributed by atoms with Gasteiger partial charge in [-0.3, -0.25) is 0 Å². The molecule has 0 bridgehead atoms. The van der Waals surface area contributed by atoms with E-state index in [0.717, 1.165) is 0 Å². The normalized spacial score (nSPS) is 12.7. The van der Waals surface area contributed by atoms with Gasteiger partial charge in [-0.15, -0.1) is 0 Å². The maximum atomic E-state index is 13.2. The summed E-state index contributed by atoms with van der Waals surface area (Å²) in [5.41, 5.74) is 0.881. The highest BCUT2D eigenvalue weighted by molar-refractivity contribution is 5.19. The molecule has 0 aliphatic rings. The first-order valence-electron chi connectivity index (χ1n) is 4.54. The van der Waals surface area contributed by atoms with Crippen LogP contribution in [0.15, 0.2) is 30.5 Å². The van der Waals surface area contributed by atoms with Gasteiger partial charge in [0.05, 0.1) is 6.20 Å². The van der Waals surface area contributed by atoms with E-state index < -0.39 is 6.10 Å². The minimum atomic E-state index is -0.833. The summed E-state index contributed by atoms with van der Waals surface area (Å²) in [6.45, 7) is 0. The lowest BCUT2D eigenvalue weighted by molar-refractivity contribution is 0.172. The second kappa shape index (κ2) is 4.18. The zero-order valence-corrected chi connectivity index (χ0v) is 7.89. The van der Waals surface area contributed by atoms with Crippen LogP contribution in [-0.2, 0) is 6.42 Å². The molecule has 0 saturated heterocycles. The van der Waals surface area contributed by atoms with Crippen molar-refractivity contribution < 1.29 is 9.50 Å². The van der Waals surface area contributed by atoms with Gasteiger partial charge in [-0.05, 0) is 11.6 Å². The number of halogens is 1. The minimum Gasteiger partial charge on any atom is -0.386 e. The molecule has 2 aromatic rings. The summed E-state index contributed by atoms with van der Waals surface area (Å²) in [5, 5.41) is 19.4. The Kier molecular flexibility index (Phi) is 2.73. The molecule has 1 atom stereocenters. The van der Waals surface area contributed by atoms with E-state index in [-0.39, 0.29) is 12.2 Å². The van der Waals surface area contributed by atoms with Gasteiger partial charge < -0.3 is 5.11 Å². The van der Waals surface area contributed by atoms with Gasteiger partial charge in [-0.25, -0.2) is 4.39 Å². The number of aliphatic hydroxyl groups is 1. The standard InChI is InChI=1S/C10H10FN3O/c11-8-4-2-1-3-7(8)5-10(15)9-6-12-14-13-9/h1-4,6,10,15H,5H2,(H,12,13,14). The lowest BCUT2D eigenvalue weighted by Crippen LogP contribution is -2.03. The van der Waals surface area contributed by atoms with E-state index in [1.54, 1.807) is 18.2 Å². The molecule has 1 aromatic carbocycles. The fraction of sp³-hybridized carbons (Fsp3) is 0.200. The van der Waals surface area contributed by atoms with Crippen molar-refractivity contribution in [2.24, 2.45) is 0 Å². The average molecular weight is 207 g/mol. The molecule has 0 radical (unpaired) electrons. The third-order valence-corrected chi connectivity index (χ3v) is 2.15. The Hall–Kier alpha value is -1.75. The van der Waals surface area contributed by atoms with Crippen molar-refractivity contribution in [3.63, 3.8) is 0 Å². The highest BCUT2D eigenvalue weighted by Gasteiger charge is 2.13. The van der Waals surface area contributed by atoms with Crippen LogP contribution in [0.1, 0.15) is 17.4 Å². The van der Waals surface area contributed by atoms with Crippen molar-refractivity contribution in [2.75, 3.05) is 0 Å². The molecule has 15 heavy (non-hydrogen) atoms. The smallest absolute Gasteiger partial charge is 0.126 e. The molecule has 0 saturated carbocycles. The third kappa shape index (κ3) is 2.19. The zero-order chi connectivity index (χ0) is 10.7. The zero-order valence-electron chi connectivity index (χ0n) is 7.89. The third-order valence-electron chi connectivity index (χ3n) is 2.15. The number of nitrogens with one attached hydrogen (secondary N) is 1. The molecule has 0 aliphatic heterocycles. The predicted molar refractivity (Wildman–Crippen MR) is 51.4 cm³/mol. The average Bonchev–Trinajstić information content (AvgIpc) is 2.74. The molecule has 0 spiro atoms. The van der Waals surface area contributed by atoms with Crippen LogP contribution in [0.5, 0.6) is 0 Å². The number of aromatic amines is 1. The summed E-state index contributed by atoms with van der Waals surface area (Å²) in [7, 11) is 0. The fourth-order valence-corrected chi connectivity index (χ4v) is 1.35. The first-order chi connectivity index (χ1) is 7.27. The number of aliphatic hydroxyl groups excluding tert-OH is 1. The summed E-state index contributed by atoms with van der Waals surface area (Å²) < 4.78 is 13.2. The van der Waals surface area contributed by atoms with E-state index >= 15 is 0 Å².